The fourth-order valence-electron chi connectivity index (χ4n) is 15.5. The van der Waals surface area contributed by atoms with Crippen LogP contribution in [0.5, 0.6) is 0 Å². The van der Waals surface area contributed by atoms with Gasteiger partial charge in [-0.1, -0.05) is 151 Å². The van der Waals surface area contributed by atoms with Gasteiger partial charge in [0.1, 0.15) is 5.78 Å². The highest BCUT2D eigenvalue weighted by Crippen LogP contribution is 2.66. The Labute approximate surface area is 504 Å². The molecule has 7 aliphatic rings. The van der Waals surface area contributed by atoms with Crippen molar-refractivity contribution in [3.05, 3.63) is 0 Å². The first-order chi connectivity index (χ1) is 39.5. The Balaban J connectivity index is 0.000000317. The van der Waals surface area contributed by atoms with Crippen molar-refractivity contribution < 1.29 is 61.5 Å². The molecule has 4 aliphatic heterocycles. The summed E-state index contributed by atoms with van der Waals surface area (Å²) in [5.41, 5.74) is 5.60. The number of piperidine rings is 2. The number of Topliss-reactive ketones (excluding diaryl/α,β-unsaturated/α-hetero) is 7. The van der Waals surface area contributed by atoms with Crippen molar-refractivity contribution >= 4 is 68.6 Å². The summed E-state index contributed by atoms with van der Waals surface area (Å²) in [6, 6.07) is -1.71. The van der Waals surface area contributed by atoms with Crippen LogP contribution < -0.4 is 5.73 Å². The van der Waals surface area contributed by atoms with Crippen LogP contribution in [0.4, 0.5) is 0 Å². The molecular formula is C67H109N3O13S. The Hall–Kier alpha value is -3.99. The first-order valence-electron chi connectivity index (χ1n) is 32.9. The van der Waals surface area contributed by atoms with Gasteiger partial charge in [0.25, 0.3) is 6.47 Å². The summed E-state index contributed by atoms with van der Waals surface area (Å²) in [6.07, 6.45) is 22.4. The highest BCUT2D eigenvalue weighted by Gasteiger charge is 2.70. The second-order valence-corrected chi connectivity index (χ2v) is 31.7. The van der Waals surface area contributed by atoms with E-state index in [1.807, 2.05) is 13.8 Å². The summed E-state index contributed by atoms with van der Waals surface area (Å²) in [7, 11) is -3.44. The molecule has 84 heavy (non-hydrogen) atoms. The summed E-state index contributed by atoms with van der Waals surface area (Å²) in [4.78, 5) is 133. The number of carbonyl (C=O) groups excluding carboxylic acids is 9. The van der Waals surface area contributed by atoms with Crippen LogP contribution in [0.2, 0.25) is 0 Å². The Morgan fingerprint density at radius 1 is 0.595 bits per heavy atom. The minimum Gasteiger partial charge on any atom is -0.483 e. The van der Waals surface area contributed by atoms with Crippen LogP contribution in [0.15, 0.2) is 0 Å². The minimum atomic E-state index is -3.44. The molecule has 0 aromatic carbocycles. The smallest absolute Gasteiger partial charge is 0.290 e. The zero-order valence-electron chi connectivity index (χ0n) is 53.1. The molecule has 476 valence electrons. The number of hydrogen-bond donors (Lipinski definition) is 2. The van der Waals surface area contributed by atoms with E-state index in [1.165, 1.54) is 0 Å². The molecule has 0 aromatic heterocycles. The summed E-state index contributed by atoms with van der Waals surface area (Å²) in [6.45, 7) is 18.3. The molecule has 0 bridgehead atoms. The number of sulfone groups is 1. The average Bonchev–Trinajstić information content (AvgIpc) is 1.56. The second-order valence-electron chi connectivity index (χ2n) is 29.0. The predicted octanol–water partition coefficient (Wildman–Crippen LogP) is 11.2. The van der Waals surface area contributed by atoms with Crippen molar-refractivity contribution in [2.24, 2.45) is 63.4 Å². The molecule has 7 rings (SSSR count). The number of carboxylic acid groups (broad SMARTS) is 1. The van der Waals surface area contributed by atoms with Gasteiger partial charge < -0.3 is 20.6 Å². The van der Waals surface area contributed by atoms with E-state index >= 15 is 0 Å². The molecule has 7 fully saturated rings. The van der Waals surface area contributed by atoms with Crippen LogP contribution in [0.3, 0.4) is 0 Å². The van der Waals surface area contributed by atoms with Gasteiger partial charge in [0.15, 0.2) is 33.0 Å². The average molecular weight is 1200 g/mol. The van der Waals surface area contributed by atoms with Gasteiger partial charge in [-0.3, -0.25) is 47.9 Å². The standard InChI is InChI=1S/C40H65NO7S.C26H42N2O4.CH2O2/c1-7-18-32(43)36(45)28-19-14-11-9-8-10-12-15-20-29(37(46)41-26-31-34(39(31,5)6)35(41)33(44)24-28)23-30(42)25-40(21-16-13-17-22-40)27-49(47,48)38(2,3)4;1-4-12-20(29)24(31)17-13-10-8-6-5-7-9-11-14-19(27)25(32)28-16-18-22(26(18,2)3)23(28)21(30)15-17;2-1-3/h28-29,31,34-35H,7-27H2,1-6H3;17-19,22-23H,4-16,27H2,1-3H3;1H,(H,2,3)/t28-,29-,31+,34+,35-;17-,18+,19+,22+,23-;/m11./s1. The number of ketones is 7. The third-order valence-corrected chi connectivity index (χ3v) is 23.9. The number of amides is 2. The molecule has 17 heteroatoms. The maximum Gasteiger partial charge on any atom is 0.290 e. The van der Waals surface area contributed by atoms with E-state index in [0.717, 1.165) is 109 Å². The molecule has 16 nitrogen and oxygen atoms in total. The minimum absolute atomic E-state index is 0.00432. The highest BCUT2D eigenvalue weighted by atomic mass is 32.2. The summed E-state index contributed by atoms with van der Waals surface area (Å²) in [5.74, 6) is -3.21. The van der Waals surface area contributed by atoms with E-state index in [2.05, 4.69) is 27.7 Å². The fourth-order valence-corrected chi connectivity index (χ4v) is 17.2. The lowest BCUT2D eigenvalue weighted by molar-refractivity contribution is -0.145. The number of fused-ring (bicyclic) bond motifs is 6. The van der Waals surface area contributed by atoms with E-state index in [9.17, 15) is 51.6 Å². The molecule has 4 heterocycles. The van der Waals surface area contributed by atoms with Crippen molar-refractivity contribution in [3.63, 3.8) is 0 Å². The number of carbonyl (C=O) groups is 10. The van der Waals surface area contributed by atoms with Gasteiger partial charge in [0.2, 0.25) is 23.4 Å². The Kier molecular flexibility index (Phi) is 26.3. The predicted molar refractivity (Wildman–Crippen MR) is 325 cm³/mol. The zero-order chi connectivity index (χ0) is 62.4. The number of nitrogens with two attached hydrogens (primary N) is 1. The van der Waals surface area contributed by atoms with E-state index in [0.29, 0.717) is 70.4 Å². The van der Waals surface area contributed by atoms with E-state index in [-0.39, 0.29) is 120 Å². The summed E-state index contributed by atoms with van der Waals surface area (Å²) >= 11 is 0. The highest BCUT2D eigenvalue weighted by molar-refractivity contribution is 7.92. The molecule has 0 unspecified atom stereocenters. The molecular weight excluding hydrogens is 1090 g/mol. The lowest BCUT2D eigenvalue weighted by atomic mass is 9.71. The van der Waals surface area contributed by atoms with Crippen molar-refractivity contribution in [2.75, 3.05) is 18.8 Å². The third kappa shape index (κ3) is 18.1. The van der Waals surface area contributed by atoms with Gasteiger partial charge in [-0.25, -0.2) is 8.42 Å². The number of rotatable bonds is 14. The first-order valence-corrected chi connectivity index (χ1v) is 34.6. The normalized spacial score (nSPS) is 30.5. The molecule has 3 aliphatic carbocycles. The maximum absolute atomic E-state index is 14.5. The molecule has 3 N–H and O–H groups in total. The quantitative estimate of drug-likeness (QED) is 0.121. The van der Waals surface area contributed by atoms with Crippen molar-refractivity contribution in [1.82, 2.24) is 9.80 Å². The largest absolute Gasteiger partial charge is 0.483 e. The molecule has 2 amide bonds. The molecule has 3 saturated carbocycles. The number of nitrogens with zero attached hydrogens (tertiary/aromatic N) is 2. The van der Waals surface area contributed by atoms with Gasteiger partial charge in [0.05, 0.1) is 28.6 Å². The zero-order valence-corrected chi connectivity index (χ0v) is 53.9. The Morgan fingerprint density at radius 3 is 1.37 bits per heavy atom. The van der Waals surface area contributed by atoms with Crippen LogP contribution in [0.1, 0.15) is 261 Å². The lowest BCUT2D eigenvalue weighted by Gasteiger charge is -2.39. The fraction of sp³-hybridized carbons (Fsp3) is 0.851. The molecule has 0 spiro atoms. The van der Waals surface area contributed by atoms with Crippen molar-refractivity contribution in [2.45, 2.75) is 284 Å². The van der Waals surface area contributed by atoms with E-state index in [1.54, 1.807) is 30.6 Å². The van der Waals surface area contributed by atoms with Crippen LogP contribution in [-0.4, -0.2) is 124 Å². The van der Waals surface area contributed by atoms with Gasteiger partial charge in [-0.05, 0) is 112 Å². The van der Waals surface area contributed by atoms with Crippen LogP contribution >= 0.6 is 0 Å². The first kappa shape index (κ1) is 70.8. The lowest BCUT2D eigenvalue weighted by Crippen LogP contribution is -2.52. The van der Waals surface area contributed by atoms with Crippen LogP contribution in [-0.2, 0) is 57.8 Å². The van der Waals surface area contributed by atoms with Gasteiger partial charge >= 0.3 is 0 Å². The molecule has 0 radical (unpaired) electrons. The topological polar surface area (TPSA) is 258 Å². The van der Waals surface area contributed by atoms with Crippen LogP contribution in [0.25, 0.3) is 0 Å². The second kappa shape index (κ2) is 31.3. The van der Waals surface area contributed by atoms with Crippen molar-refractivity contribution in [3.8, 4) is 0 Å². The van der Waals surface area contributed by atoms with Gasteiger partial charge in [0, 0.05) is 69.4 Å². The van der Waals surface area contributed by atoms with E-state index < -0.39 is 67.4 Å². The van der Waals surface area contributed by atoms with Crippen LogP contribution in [0, 0.1) is 57.7 Å². The summed E-state index contributed by atoms with van der Waals surface area (Å²) < 4.78 is 25.9. The van der Waals surface area contributed by atoms with Gasteiger partial charge in [-0.15, -0.1) is 0 Å². The SMILES string of the molecule is CCCC(=O)C(=O)[C@@H]1CCCCCCCCC[C@H](CC(=O)CC2(CS(=O)(=O)C(C)(C)C)CCCCC2)C(=O)N2C[C@H]3[C@@H]([C@H]2C(=O)C1)C3(C)C.CCCC(=O)C(=O)[C@@H]1CCCCCCCCC[C@H](N)C(=O)N2C[C@H]3[C@@H]([C@H]2C(=O)C1)C3(C)C.O=CO. The monoisotopic (exact) mass is 1200 g/mol. The van der Waals surface area contributed by atoms with Gasteiger partial charge in [-0.2, -0.15) is 0 Å². The Bertz CT molecular complexity index is 2440. The molecule has 0 aromatic rings. The van der Waals surface area contributed by atoms with Crippen molar-refractivity contribution in [1.29, 1.82) is 0 Å². The Morgan fingerprint density at radius 2 is 0.964 bits per heavy atom. The molecule has 4 saturated heterocycles. The maximum atomic E-state index is 14.5. The summed E-state index contributed by atoms with van der Waals surface area (Å²) in [5, 5.41) is 6.89. The number of hydrogen-bond acceptors (Lipinski definition) is 13. The third-order valence-electron chi connectivity index (χ3n) is 21.0. The molecule has 10 atom stereocenters. The van der Waals surface area contributed by atoms with E-state index in [4.69, 9.17) is 15.6 Å².